The maximum Gasteiger partial charge on any atom is 0.184 e. The number of benzene rings is 1. The van der Waals surface area contributed by atoms with Crippen LogP contribution in [0.25, 0.3) is 16.9 Å². The van der Waals surface area contributed by atoms with Crippen molar-refractivity contribution in [2.75, 3.05) is 0 Å². The number of hydrogen-bond donors (Lipinski definition) is 1. The van der Waals surface area contributed by atoms with Crippen LogP contribution < -0.4 is 0 Å². The number of imidazole rings is 1. The Bertz CT molecular complexity index is 917. The molecule has 3 aromatic rings. The predicted octanol–water partition coefficient (Wildman–Crippen LogP) is 3.40. The SMILES string of the molecule is Cc1ccnc2c1[nH]c(=S)n2-c1ccc(C#N)cc1F. The third-order valence-electron chi connectivity index (χ3n) is 3.10. The van der Waals surface area contributed by atoms with E-state index in [2.05, 4.69) is 9.97 Å². The molecular formula is C14H9FN4S. The highest BCUT2D eigenvalue weighted by Crippen LogP contribution is 2.22. The van der Waals surface area contributed by atoms with E-state index in [1.165, 1.54) is 16.7 Å². The van der Waals surface area contributed by atoms with Gasteiger partial charge in [-0.3, -0.25) is 4.57 Å². The summed E-state index contributed by atoms with van der Waals surface area (Å²) in [6.45, 7) is 1.93. The summed E-state index contributed by atoms with van der Waals surface area (Å²) in [6.07, 6.45) is 1.65. The second kappa shape index (κ2) is 4.54. The summed E-state index contributed by atoms with van der Waals surface area (Å²) in [5.41, 5.74) is 2.87. The summed E-state index contributed by atoms with van der Waals surface area (Å²) >= 11 is 5.25. The van der Waals surface area contributed by atoms with Crippen LogP contribution in [0.2, 0.25) is 0 Å². The average Bonchev–Trinajstić information content (AvgIpc) is 2.77. The highest BCUT2D eigenvalue weighted by atomic mass is 32.1. The molecule has 0 saturated carbocycles. The van der Waals surface area contributed by atoms with E-state index < -0.39 is 5.82 Å². The topological polar surface area (TPSA) is 57.4 Å². The van der Waals surface area contributed by atoms with Gasteiger partial charge in [-0.25, -0.2) is 9.37 Å². The van der Waals surface area contributed by atoms with Crippen LogP contribution in [0.3, 0.4) is 0 Å². The van der Waals surface area contributed by atoms with E-state index in [1.807, 2.05) is 19.1 Å². The van der Waals surface area contributed by atoms with E-state index in [0.717, 1.165) is 11.1 Å². The standard InChI is InChI=1S/C14H9FN4S/c1-8-4-5-17-13-12(8)18-14(20)19(13)11-3-2-9(7-16)6-10(11)15/h2-6H,1H3,(H,18,20). The van der Waals surface area contributed by atoms with E-state index in [1.54, 1.807) is 12.3 Å². The molecule has 98 valence electrons. The molecule has 0 amide bonds. The fourth-order valence-electron chi connectivity index (χ4n) is 2.11. The predicted molar refractivity (Wildman–Crippen MR) is 75.7 cm³/mol. The first-order valence-electron chi connectivity index (χ1n) is 5.88. The number of aromatic nitrogens is 3. The molecule has 1 N–H and O–H groups in total. The van der Waals surface area contributed by atoms with Crippen LogP contribution >= 0.6 is 12.2 Å². The van der Waals surface area contributed by atoms with Gasteiger partial charge in [-0.15, -0.1) is 0 Å². The van der Waals surface area contributed by atoms with Crippen molar-refractivity contribution in [3.05, 3.63) is 52.2 Å². The van der Waals surface area contributed by atoms with Crippen LogP contribution in [0.15, 0.2) is 30.5 Å². The van der Waals surface area contributed by atoms with Crippen molar-refractivity contribution in [2.45, 2.75) is 6.92 Å². The molecule has 0 radical (unpaired) electrons. The Balaban J connectivity index is 2.36. The summed E-state index contributed by atoms with van der Waals surface area (Å²) in [6, 6.07) is 8.02. The fraction of sp³-hybridized carbons (Fsp3) is 0.0714. The molecule has 3 rings (SSSR count). The van der Waals surface area contributed by atoms with Crippen LogP contribution in [0, 0.1) is 28.8 Å². The lowest BCUT2D eigenvalue weighted by Gasteiger charge is -2.05. The number of nitrogens with zero attached hydrogens (tertiary/aromatic N) is 3. The number of halogens is 1. The molecule has 0 saturated heterocycles. The number of hydrogen-bond acceptors (Lipinski definition) is 3. The molecule has 2 heterocycles. The first kappa shape index (κ1) is 12.5. The smallest absolute Gasteiger partial charge is 0.184 e. The van der Waals surface area contributed by atoms with Gasteiger partial charge < -0.3 is 4.98 Å². The summed E-state index contributed by atoms with van der Waals surface area (Å²) < 4.78 is 16.1. The van der Waals surface area contributed by atoms with Crippen LogP contribution in [-0.4, -0.2) is 14.5 Å². The quantitative estimate of drug-likeness (QED) is 0.697. The number of nitriles is 1. The number of rotatable bonds is 1. The summed E-state index contributed by atoms with van der Waals surface area (Å²) in [7, 11) is 0. The van der Waals surface area contributed by atoms with Crippen LogP contribution in [0.5, 0.6) is 0 Å². The number of H-pyrrole nitrogens is 1. The lowest BCUT2D eigenvalue weighted by Crippen LogP contribution is -1.99. The minimum atomic E-state index is -0.510. The Morgan fingerprint density at radius 1 is 1.40 bits per heavy atom. The Kier molecular flexibility index (Phi) is 2.84. The third-order valence-corrected chi connectivity index (χ3v) is 3.39. The molecule has 1 aromatic carbocycles. The van der Waals surface area contributed by atoms with Crippen molar-refractivity contribution in [3.63, 3.8) is 0 Å². The van der Waals surface area contributed by atoms with Crippen LogP contribution in [-0.2, 0) is 0 Å². The van der Waals surface area contributed by atoms with Crippen molar-refractivity contribution in [1.29, 1.82) is 5.26 Å². The van der Waals surface area contributed by atoms with E-state index in [0.29, 0.717) is 10.4 Å². The minimum absolute atomic E-state index is 0.266. The number of fused-ring (bicyclic) bond motifs is 1. The molecule has 0 atom stereocenters. The lowest BCUT2D eigenvalue weighted by molar-refractivity contribution is 0.618. The van der Waals surface area contributed by atoms with E-state index in [9.17, 15) is 4.39 Å². The molecule has 2 aromatic heterocycles. The molecule has 4 nitrogen and oxygen atoms in total. The second-order valence-corrected chi connectivity index (χ2v) is 4.76. The van der Waals surface area contributed by atoms with Crippen LogP contribution in [0.1, 0.15) is 11.1 Å². The zero-order valence-corrected chi connectivity index (χ0v) is 11.3. The maximum atomic E-state index is 14.1. The number of aromatic amines is 1. The molecule has 0 unspecified atom stereocenters. The summed E-state index contributed by atoms with van der Waals surface area (Å²) in [4.78, 5) is 7.29. The molecule has 0 aliphatic carbocycles. The van der Waals surface area contributed by atoms with Crippen molar-refractivity contribution < 1.29 is 4.39 Å². The number of aryl methyl sites for hydroxylation is 1. The Morgan fingerprint density at radius 3 is 2.90 bits per heavy atom. The van der Waals surface area contributed by atoms with Crippen molar-refractivity contribution >= 4 is 23.4 Å². The largest absolute Gasteiger partial charge is 0.329 e. The van der Waals surface area contributed by atoms with Gasteiger partial charge in [0, 0.05) is 6.20 Å². The van der Waals surface area contributed by atoms with Gasteiger partial charge in [0.2, 0.25) is 0 Å². The average molecular weight is 284 g/mol. The van der Waals surface area contributed by atoms with Gasteiger partial charge in [0.15, 0.2) is 10.4 Å². The van der Waals surface area contributed by atoms with E-state index in [-0.39, 0.29) is 11.3 Å². The Labute approximate surface area is 119 Å². The first-order valence-corrected chi connectivity index (χ1v) is 6.29. The highest BCUT2D eigenvalue weighted by Gasteiger charge is 2.13. The van der Waals surface area contributed by atoms with E-state index in [4.69, 9.17) is 17.5 Å². The van der Waals surface area contributed by atoms with Crippen LogP contribution in [0.4, 0.5) is 4.39 Å². The first-order chi connectivity index (χ1) is 9.61. The van der Waals surface area contributed by atoms with E-state index >= 15 is 0 Å². The summed E-state index contributed by atoms with van der Waals surface area (Å²) in [5.74, 6) is -0.510. The fourth-order valence-corrected chi connectivity index (χ4v) is 2.40. The third kappa shape index (κ3) is 1.80. The zero-order chi connectivity index (χ0) is 14.3. The monoisotopic (exact) mass is 284 g/mol. The molecule has 0 spiro atoms. The number of nitrogens with one attached hydrogen (secondary N) is 1. The zero-order valence-electron chi connectivity index (χ0n) is 10.5. The van der Waals surface area contributed by atoms with Gasteiger partial charge in [0.1, 0.15) is 5.82 Å². The Hall–Kier alpha value is -2.52. The molecule has 0 aliphatic rings. The van der Waals surface area contributed by atoms with Gasteiger partial charge in [-0.2, -0.15) is 5.26 Å². The van der Waals surface area contributed by atoms with Gasteiger partial charge in [-0.1, -0.05) is 0 Å². The van der Waals surface area contributed by atoms with Gasteiger partial charge in [0.25, 0.3) is 0 Å². The minimum Gasteiger partial charge on any atom is -0.329 e. The summed E-state index contributed by atoms with van der Waals surface area (Å²) in [5, 5.41) is 8.78. The molecule has 20 heavy (non-hydrogen) atoms. The second-order valence-electron chi connectivity index (χ2n) is 4.37. The Morgan fingerprint density at radius 2 is 2.20 bits per heavy atom. The van der Waals surface area contributed by atoms with Crippen molar-refractivity contribution in [1.82, 2.24) is 14.5 Å². The molecule has 0 fully saturated rings. The normalized spacial score (nSPS) is 10.7. The molecule has 0 aliphatic heterocycles. The number of pyridine rings is 1. The van der Waals surface area contributed by atoms with Gasteiger partial charge >= 0.3 is 0 Å². The van der Waals surface area contributed by atoms with Gasteiger partial charge in [-0.05, 0) is 49.0 Å². The lowest BCUT2D eigenvalue weighted by atomic mass is 10.2. The molecular weight excluding hydrogens is 275 g/mol. The molecule has 6 heteroatoms. The molecule has 0 bridgehead atoms. The van der Waals surface area contributed by atoms with Gasteiger partial charge in [0.05, 0.1) is 22.8 Å². The van der Waals surface area contributed by atoms with Crippen molar-refractivity contribution in [2.24, 2.45) is 0 Å². The van der Waals surface area contributed by atoms with Crippen molar-refractivity contribution in [3.8, 4) is 11.8 Å². The maximum absolute atomic E-state index is 14.1. The highest BCUT2D eigenvalue weighted by molar-refractivity contribution is 7.71.